The summed E-state index contributed by atoms with van der Waals surface area (Å²) in [5.74, 6) is 1.02. The molecule has 0 amide bonds. The van der Waals surface area contributed by atoms with Gasteiger partial charge in [0.1, 0.15) is 5.82 Å². The Morgan fingerprint density at radius 1 is 0.917 bits per heavy atom. The van der Waals surface area contributed by atoms with Crippen LogP contribution in [0.2, 0.25) is 0 Å². The van der Waals surface area contributed by atoms with E-state index in [-0.39, 0.29) is 5.54 Å². The highest BCUT2D eigenvalue weighted by Gasteiger charge is 2.23. The van der Waals surface area contributed by atoms with Crippen LogP contribution in [0.25, 0.3) is 27.9 Å². The lowest BCUT2D eigenvalue weighted by Gasteiger charge is -2.34. The normalized spacial score (nSPS) is 16.4. The van der Waals surface area contributed by atoms with Gasteiger partial charge in [0, 0.05) is 55.5 Å². The predicted octanol–water partition coefficient (Wildman–Crippen LogP) is 4.77. The number of hydrogen-bond donors (Lipinski definition) is 0. The van der Waals surface area contributed by atoms with Crippen molar-refractivity contribution in [3.8, 4) is 11.3 Å². The maximum absolute atomic E-state index is 5.12. The van der Waals surface area contributed by atoms with E-state index in [4.69, 9.17) is 9.97 Å². The number of piperazine rings is 1. The summed E-state index contributed by atoms with van der Waals surface area (Å²) in [6.07, 6.45) is 8.79. The third-order valence-electron chi connectivity index (χ3n) is 7.37. The van der Waals surface area contributed by atoms with Crippen molar-refractivity contribution in [3.63, 3.8) is 0 Å². The maximum Gasteiger partial charge on any atom is 0.129 e. The van der Waals surface area contributed by atoms with Gasteiger partial charge in [-0.3, -0.25) is 4.98 Å². The Kier molecular flexibility index (Phi) is 5.60. The van der Waals surface area contributed by atoms with Gasteiger partial charge in [0.25, 0.3) is 0 Å². The fraction of sp³-hybridized carbons (Fsp3) is 0.379. The van der Waals surface area contributed by atoms with Gasteiger partial charge in [0.2, 0.25) is 0 Å². The molecule has 184 valence electrons. The first kappa shape index (κ1) is 22.9. The third kappa shape index (κ3) is 4.07. The van der Waals surface area contributed by atoms with Crippen molar-refractivity contribution in [2.24, 2.45) is 0 Å². The SMILES string of the molecule is CCN1CCN(c2cc(-c3cnc4c(n3)C(c3ccc5ncn(C(C)(C)C)c5c3)=CC4)ccn2)CC1. The van der Waals surface area contributed by atoms with Crippen LogP contribution in [-0.4, -0.2) is 62.1 Å². The van der Waals surface area contributed by atoms with E-state index in [9.17, 15) is 0 Å². The Labute approximate surface area is 212 Å². The molecule has 36 heavy (non-hydrogen) atoms. The van der Waals surface area contributed by atoms with Crippen molar-refractivity contribution in [2.75, 3.05) is 37.6 Å². The van der Waals surface area contributed by atoms with Gasteiger partial charge in [-0.2, -0.15) is 0 Å². The number of benzene rings is 1. The van der Waals surface area contributed by atoms with Crippen LogP contribution in [0, 0.1) is 0 Å². The summed E-state index contributed by atoms with van der Waals surface area (Å²) in [6, 6.07) is 10.7. The molecule has 2 aliphatic rings. The van der Waals surface area contributed by atoms with Gasteiger partial charge in [-0.25, -0.2) is 15.0 Å². The summed E-state index contributed by atoms with van der Waals surface area (Å²) < 4.78 is 2.24. The Balaban J connectivity index is 1.32. The van der Waals surface area contributed by atoms with Gasteiger partial charge in [-0.1, -0.05) is 19.1 Å². The number of pyridine rings is 1. The molecule has 1 fully saturated rings. The van der Waals surface area contributed by atoms with Gasteiger partial charge in [-0.05, 0) is 57.1 Å². The van der Waals surface area contributed by atoms with Crippen molar-refractivity contribution in [1.29, 1.82) is 0 Å². The van der Waals surface area contributed by atoms with Gasteiger partial charge in [0.05, 0.1) is 40.6 Å². The summed E-state index contributed by atoms with van der Waals surface area (Å²) in [6.45, 7) is 14.1. The molecule has 0 atom stereocenters. The zero-order valence-corrected chi connectivity index (χ0v) is 21.6. The number of aromatic nitrogens is 5. The van der Waals surface area contributed by atoms with Crippen LogP contribution in [0.4, 0.5) is 5.82 Å². The molecule has 0 bridgehead atoms. The number of nitrogens with zero attached hydrogens (tertiary/aromatic N) is 7. The van der Waals surface area contributed by atoms with Gasteiger partial charge in [-0.15, -0.1) is 0 Å². The maximum atomic E-state index is 5.12. The summed E-state index contributed by atoms with van der Waals surface area (Å²) in [7, 11) is 0. The van der Waals surface area contributed by atoms with E-state index in [0.29, 0.717) is 0 Å². The summed E-state index contributed by atoms with van der Waals surface area (Å²) >= 11 is 0. The van der Waals surface area contributed by atoms with Crippen LogP contribution in [-0.2, 0) is 12.0 Å². The average Bonchev–Trinajstić information content (AvgIpc) is 3.52. The lowest BCUT2D eigenvalue weighted by molar-refractivity contribution is 0.270. The molecule has 0 radical (unpaired) electrons. The Hall–Kier alpha value is -3.58. The number of imidazole rings is 1. The van der Waals surface area contributed by atoms with Gasteiger partial charge in [0.15, 0.2) is 0 Å². The molecule has 3 aromatic heterocycles. The van der Waals surface area contributed by atoms with E-state index in [0.717, 1.165) is 89.8 Å². The fourth-order valence-electron chi connectivity index (χ4n) is 5.22. The highest BCUT2D eigenvalue weighted by Crippen LogP contribution is 2.34. The molecule has 1 aromatic carbocycles. The quantitative estimate of drug-likeness (QED) is 0.420. The Bertz CT molecular complexity index is 1450. The van der Waals surface area contributed by atoms with Gasteiger partial charge >= 0.3 is 0 Å². The van der Waals surface area contributed by atoms with E-state index in [1.807, 2.05) is 24.8 Å². The Morgan fingerprint density at radius 3 is 2.53 bits per heavy atom. The summed E-state index contributed by atoms with van der Waals surface area (Å²) in [5, 5.41) is 0. The molecular formula is C29H33N7. The van der Waals surface area contributed by atoms with Crippen LogP contribution >= 0.6 is 0 Å². The molecule has 1 saturated heterocycles. The number of likely N-dealkylation sites (N-methyl/N-ethyl adjacent to an activating group) is 1. The number of hydrogen-bond acceptors (Lipinski definition) is 6. The van der Waals surface area contributed by atoms with Crippen LogP contribution in [0.1, 0.15) is 44.6 Å². The standard InChI is InChI=1S/C29H33N7/c1-5-34-12-14-35(15-13-34)27-17-21(10-11-30-27)25-18-31-24-9-7-22(28(24)33-25)20-6-8-23-26(16-20)36(19-32-23)29(2,3)4/h6-8,10-11,16-19H,5,9,12-15H2,1-4H3. The smallest absolute Gasteiger partial charge is 0.129 e. The number of fused-ring (bicyclic) bond motifs is 2. The largest absolute Gasteiger partial charge is 0.354 e. The van der Waals surface area contributed by atoms with Crippen molar-refractivity contribution in [2.45, 2.75) is 39.7 Å². The van der Waals surface area contributed by atoms with E-state index in [1.54, 1.807) is 0 Å². The second-order valence-electron chi connectivity index (χ2n) is 10.7. The fourth-order valence-corrected chi connectivity index (χ4v) is 5.22. The van der Waals surface area contributed by atoms with Crippen LogP contribution < -0.4 is 4.90 Å². The first-order valence-corrected chi connectivity index (χ1v) is 12.9. The van der Waals surface area contributed by atoms with Crippen LogP contribution in [0.15, 0.2) is 55.1 Å². The van der Waals surface area contributed by atoms with Crippen LogP contribution in [0.3, 0.4) is 0 Å². The molecule has 7 heteroatoms. The summed E-state index contributed by atoms with van der Waals surface area (Å²) in [4.78, 5) is 24.1. The van der Waals surface area contributed by atoms with Gasteiger partial charge < -0.3 is 14.4 Å². The molecule has 4 heterocycles. The number of anilines is 1. The van der Waals surface area contributed by atoms with Crippen molar-refractivity contribution in [1.82, 2.24) is 29.4 Å². The highest BCUT2D eigenvalue weighted by atomic mass is 15.3. The molecule has 6 rings (SSSR count). The molecule has 7 nitrogen and oxygen atoms in total. The monoisotopic (exact) mass is 479 g/mol. The zero-order valence-electron chi connectivity index (χ0n) is 21.6. The first-order valence-electron chi connectivity index (χ1n) is 12.9. The number of rotatable bonds is 4. The molecule has 1 aliphatic carbocycles. The Morgan fingerprint density at radius 2 is 1.75 bits per heavy atom. The van der Waals surface area contributed by atoms with Crippen molar-refractivity contribution in [3.05, 3.63) is 72.1 Å². The van der Waals surface area contributed by atoms with E-state index < -0.39 is 0 Å². The minimum atomic E-state index is -0.0372. The van der Waals surface area contributed by atoms with Crippen molar-refractivity contribution < 1.29 is 0 Å². The topological polar surface area (TPSA) is 63.0 Å². The zero-order chi connectivity index (χ0) is 24.9. The van der Waals surface area contributed by atoms with Crippen LogP contribution in [0.5, 0.6) is 0 Å². The lowest BCUT2D eigenvalue weighted by Crippen LogP contribution is -2.46. The second kappa shape index (κ2) is 8.82. The predicted molar refractivity (Wildman–Crippen MR) is 145 cm³/mol. The average molecular weight is 480 g/mol. The summed E-state index contributed by atoms with van der Waals surface area (Å²) in [5.41, 5.74) is 8.36. The molecule has 1 aliphatic heterocycles. The molecule has 0 unspecified atom stereocenters. The third-order valence-corrected chi connectivity index (χ3v) is 7.37. The second-order valence-corrected chi connectivity index (χ2v) is 10.7. The van der Waals surface area contributed by atoms with E-state index in [1.165, 1.54) is 0 Å². The lowest BCUT2D eigenvalue weighted by atomic mass is 10.0. The first-order chi connectivity index (χ1) is 17.4. The molecule has 0 N–H and O–H groups in total. The molecular weight excluding hydrogens is 446 g/mol. The van der Waals surface area contributed by atoms with E-state index in [2.05, 4.69) is 82.4 Å². The number of allylic oxidation sites excluding steroid dienone is 1. The molecule has 0 spiro atoms. The van der Waals surface area contributed by atoms with E-state index >= 15 is 0 Å². The highest BCUT2D eigenvalue weighted by molar-refractivity contribution is 5.88. The molecule has 4 aromatic rings. The minimum absolute atomic E-state index is 0.0372. The van der Waals surface area contributed by atoms with Crippen molar-refractivity contribution >= 4 is 22.4 Å². The molecule has 0 saturated carbocycles. The minimum Gasteiger partial charge on any atom is -0.354 e.